The van der Waals surface area contributed by atoms with Gasteiger partial charge in [-0.05, 0) is 28.3 Å². The van der Waals surface area contributed by atoms with E-state index in [9.17, 15) is 13.2 Å². The van der Waals surface area contributed by atoms with E-state index in [1.165, 1.54) is 6.07 Å². The fraction of sp³-hybridized carbons (Fsp3) is 0.280. The van der Waals surface area contributed by atoms with Crippen molar-refractivity contribution in [1.82, 2.24) is 0 Å². The van der Waals surface area contributed by atoms with E-state index in [1.807, 2.05) is 18.2 Å². The fourth-order valence-corrected chi connectivity index (χ4v) is 3.12. The Labute approximate surface area is 179 Å². The summed E-state index contributed by atoms with van der Waals surface area (Å²) in [7, 11) is 0. The molecular weight excluding hydrogens is 405 g/mol. The minimum Gasteiger partial charge on any atom is -0.376 e. The predicted octanol–water partition coefficient (Wildman–Crippen LogP) is 5.84. The molecule has 2 atom stereocenters. The molecule has 2 aliphatic heterocycles. The van der Waals surface area contributed by atoms with E-state index in [0.29, 0.717) is 23.3 Å². The summed E-state index contributed by atoms with van der Waals surface area (Å²) >= 11 is 0. The number of hydrogen-bond acceptors (Lipinski definition) is 3. The van der Waals surface area contributed by atoms with Crippen molar-refractivity contribution in [3.05, 3.63) is 84.4 Å². The Hall–Kier alpha value is -2.67. The first kappa shape index (κ1) is 21.6. The Morgan fingerprint density at radius 1 is 0.710 bits per heavy atom. The zero-order valence-electron chi connectivity index (χ0n) is 16.8. The van der Waals surface area contributed by atoms with Gasteiger partial charge in [0.05, 0.1) is 32.0 Å². The van der Waals surface area contributed by atoms with Crippen LogP contribution in [0.2, 0.25) is 0 Å². The third-order valence-electron chi connectivity index (χ3n) is 4.93. The molecule has 2 unspecified atom stereocenters. The molecule has 0 amide bonds. The highest BCUT2D eigenvalue weighted by molar-refractivity contribution is 5.74. The van der Waals surface area contributed by atoms with Gasteiger partial charge < -0.3 is 14.2 Å². The largest absolute Gasteiger partial charge is 0.417 e. The molecule has 0 aromatic heterocycles. The van der Waals surface area contributed by atoms with Gasteiger partial charge in [0.2, 0.25) is 0 Å². The molecule has 2 saturated heterocycles. The fourth-order valence-electron chi connectivity index (χ4n) is 3.12. The molecule has 0 aliphatic carbocycles. The van der Waals surface area contributed by atoms with Crippen LogP contribution in [0.4, 0.5) is 13.2 Å². The molecule has 0 bridgehead atoms. The summed E-state index contributed by atoms with van der Waals surface area (Å²) in [5, 5.41) is 0. The number of ether oxygens (including phenoxy) is 3. The van der Waals surface area contributed by atoms with Crippen molar-refractivity contribution in [3.8, 4) is 22.3 Å². The number of hydrogen-bond donors (Lipinski definition) is 0. The normalized spacial score (nSPS) is 19.3. The molecular formula is C25H23F3O3. The Bertz CT molecular complexity index is 954. The summed E-state index contributed by atoms with van der Waals surface area (Å²) in [6, 6.07) is 22.2. The van der Waals surface area contributed by atoms with Crippen molar-refractivity contribution in [2.24, 2.45) is 0 Å². The Morgan fingerprint density at radius 3 is 1.71 bits per heavy atom. The monoisotopic (exact) mass is 428 g/mol. The van der Waals surface area contributed by atoms with Crippen LogP contribution >= 0.6 is 0 Å². The van der Waals surface area contributed by atoms with Crippen LogP contribution in [0.25, 0.3) is 22.3 Å². The SMILES string of the molecule is C(OCC1CO1)C1CO1.FC(F)(F)c1cc(-c2ccccc2)ccc1-c1ccccc1. The maximum absolute atomic E-state index is 13.4. The Balaban J connectivity index is 0.000000212. The molecule has 2 heterocycles. The number of alkyl halides is 3. The molecule has 3 aromatic carbocycles. The highest BCUT2D eigenvalue weighted by Gasteiger charge is 2.34. The summed E-state index contributed by atoms with van der Waals surface area (Å²) in [5.74, 6) is 0. The summed E-state index contributed by atoms with van der Waals surface area (Å²) in [6.45, 7) is 3.26. The highest BCUT2D eigenvalue weighted by atomic mass is 19.4. The van der Waals surface area contributed by atoms with Crippen LogP contribution in [0.5, 0.6) is 0 Å². The number of halogens is 3. The second kappa shape index (κ2) is 9.64. The first-order valence-corrected chi connectivity index (χ1v) is 10.1. The van der Waals surface area contributed by atoms with Crippen molar-refractivity contribution in [3.63, 3.8) is 0 Å². The van der Waals surface area contributed by atoms with E-state index in [2.05, 4.69) is 0 Å². The molecule has 3 aromatic rings. The molecule has 2 aliphatic rings. The molecule has 31 heavy (non-hydrogen) atoms. The summed E-state index contributed by atoms with van der Waals surface area (Å²) in [5.41, 5.74) is 1.49. The van der Waals surface area contributed by atoms with Gasteiger partial charge in [0.1, 0.15) is 12.2 Å². The molecule has 6 heteroatoms. The van der Waals surface area contributed by atoms with Crippen molar-refractivity contribution in [1.29, 1.82) is 0 Å². The zero-order chi connectivity index (χ0) is 21.7. The number of rotatable bonds is 6. The average Bonchev–Trinajstić information content (AvgIpc) is 3.71. The van der Waals surface area contributed by atoms with Crippen molar-refractivity contribution in [2.75, 3.05) is 26.4 Å². The van der Waals surface area contributed by atoms with Gasteiger partial charge in [0, 0.05) is 0 Å². The van der Waals surface area contributed by atoms with E-state index >= 15 is 0 Å². The molecule has 0 N–H and O–H groups in total. The third-order valence-corrected chi connectivity index (χ3v) is 4.93. The molecule has 5 rings (SSSR count). The molecule has 0 radical (unpaired) electrons. The zero-order valence-corrected chi connectivity index (χ0v) is 16.8. The first-order valence-electron chi connectivity index (χ1n) is 10.1. The van der Waals surface area contributed by atoms with Gasteiger partial charge in [-0.25, -0.2) is 0 Å². The first-order chi connectivity index (χ1) is 15.0. The lowest BCUT2D eigenvalue weighted by Crippen LogP contribution is -2.07. The second-order valence-corrected chi connectivity index (χ2v) is 7.44. The minimum atomic E-state index is -4.39. The quantitative estimate of drug-likeness (QED) is 0.463. The number of epoxide rings is 2. The second-order valence-electron chi connectivity index (χ2n) is 7.44. The van der Waals surface area contributed by atoms with E-state index in [1.54, 1.807) is 54.6 Å². The van der Waals surface area contributed by atoms with Crippen LogP contribution < -0.4 is 0 Å². The molecule has 2 fully saturated rings. The van der Waals surface area contributed by atoms with Gasteiger partial charge in [0.25, 0.3) is 0 Å². The van der Waals surface area contributed by atoms with Gasteiger partial charge in [-0.15, -0.1) is 0 Å². The minimum absolute atomic E-state index is 0.202. The summed E-state index contributed by atoms with van der Waals surface area (Å²) in [6.07, 6.45) is -3.61. The standard InChI is InChI=1S/C19H13F3.C6H10O3/c20-19(21,22)18-13-16(14-7-3-1-4-8-14)11-12-17(18)15-9-5-2-6-10-15;1(5-3-8-5)7-2-6-4-9-6/h1-13H;5-6H,1-4H2. The highest BCUT2D eigenvalue weighted by Crippen LogP contribution is 2.39. The van der Waals surface area contributed by atoms with Crippen LogP contribution in [0.1, 0.15) is 5.56 Å². The van der Waals surface area contributed by atoms with Crippen molar-refractivity contribution >= 4 is 0 Å². The predicted molar refractivity (Wildman–Crippen MR) is 113 cm³/mol. The van der Waals surface area contributed by atoms with Gasteiger partial charge in [-0.2, -0.15) is 13.2 Å². The van der Waals surface area contributed by atoms with Crippen LogP contribution in [0.15, 0.2) is 78.9 Å². The molecule has 3 nitrogen and oxygen atoms in total. The van der Waals surface area contributed by atoms with Crippen LogP contribution in [0.3, 0.4) is 0 Å². The Kier molecular flexibility index (Phi) is 6.70. The van der Waals surface area contributed by atoms with E-state index in [0.717, 1.165) is 32.0 Å². The molecule has 0 spiro atoms. The van der Waals surface area contributed by atoms with Crippen LogP contribution in [-0.4, -0.2) is 38.6 Å². The average molecular weight is 428 g/mol. The lowest BCUT2D eigenvalue weighted by atomic mass is 9.94. The van der Waals surface area contributed by atoms with E-state index < -0.39 is 11.7 Å². The lowest BCUT2D eigenvalue weighted by Gasteiger charge is -2.15. The van der Waals surface area contributed by atoms with E-state index in [4.69, 9.17) is 14.2 Å². The van der Waals surface area contributed by atoms with Crippen molar-refractivity contribution in [2.45, 2.75) is 18.4 Å². The van der Waals surface area contributed by atoms with Gasteiger partial charge in [-0.3, -0.25) is 0 Å². The van der Waals surface area contributed by atoms with Gasteiger partial charge in [-0.1, -0.05) is 72.8 Å². The maximum atomic E-state index is 13.4. The summed E-state index contributed by atoms with van der Waals surface area (Å²) in [4.78, 5) is 0. The lowest BCUT2D eigenvalue weighted by molar-refractivity contribution is -0.137. The van der Waals surface area contributed by atoms with Gasteiger partial charge >= 0.3 is 6.18 Å². The third kappa shape index (κ3) is 6.40. The molecule has 0 saturated carbocycles. The van der Waals surface area contributed by atoms with Crippen LogP contribution in [0, 0.1) is 0 Å². The number of benzene rings is 3. The topological polar surface area (TPSA) is 34.3 Å². The van der Waals surface area contributed by atoms with Crippen LogP contribution in [-0.2, 0) is 20.4 Å². The maximum Gasteiger partial charge on any atom is 0.417 e. The smallest absolute Gasteiger partial charge is 0.376 e. The Morgan fingerprint density at radius 2 is 1.23 bits per heavy atom. The van der Waals surface area contributed by atoms with Gasteiger partial charge in [0.15, 0.2) is 0 Å². The van der Waals surface area contributed by atoms with E-state index in [-0.39, 0.29) is 5.56 Å². The molecule has 162 valence electrons. The summed E-state index contributed by atoms with van der Waals surface area (Å²) < 4.78 is 55.4. The van der Waals surface area contributed by atoms with Crippen molar-refractivity contribution < 1.29 is 27.4 Å².